The third-order valence-electron chi connectivity index (χ3n) is 5.54. The first-order valence-corrected chi connectivity index (χ1v) is 18.8. The monoisotopic (exact) mass is 874 g/mol. The number of anilines is 4. The number of halogens is 2. The van der Waals surface area contributed by atoms with Crippen molar-refractivity contribution in [2.45, 2.75) is 13.8 Å². The SMILES string of the molecule is CCOC(=O)c1c[n]([Hg][n]2cc(C(=O)OCC)c(Nc3ccccc3Br)nc2=O)c(=O)nc1Nc1ccccc1Br. The molecule has 0 aliphatic heterocycles. The first-order valence-electron chi connectivity index (χ1n) is 12.3. The van der Waals surface area contributed by atoms with Gasteiger partial charge in [-0.15, -0.1) is 0 Å². The predicted octanol–water partition coefficient (Wildman–Crippen LogP) is 4.47. The molecule has 0 fully saturated rings. The second-order valence-corrected chi connectivity index (χ2v) is 16.4. The molecule has 0 radical (unpaired) electrons. The zero-order valence-corrected chi connectivity index (χ0v) is 30.6. The molecule has 2 aromatic heterocycles. The molecule has 208 valence electrons. The van der Waals surface area contributed by atoms with E-state index in [1.165, 1.54) is 17.1 Å². The number of rotatable bonds is 10. The number of ether oxygens (including phenoxy) is 2. The Labute approximate surface area is 263 Å². The number of nitrogens with one attached hydrogen (secondary N) is 2. The van der Waals surface area contributed by atoms with Crippen LogP contribution in [0.1, 0.15) is 34.6 Å². The van der Waals surface area contributed by atoms with E-state index >= 15 is 0 Å². The molecule has 0 saturated heterocycles. The quantitative estimate of drug-likeness (QED) is 0.173. The van der Waals surface area contributed by atoms with E-state index in [9.17, 15) is 19.2 Å². The Hall–Kier alpha value is -3.36. The molecule has 0 aliphatic rings. The minimum absolute atomic E-state index is 0.00988. The molecule has 2 aromatic carbocycles. The molecule has 0 amide bonds. The molecule has 4 rings (SSSR count). The number of aromatic nitrogens is 4. The summed E-state index contributed by atoms with van der Waals surface area (Å²) < 4.78 is 14.3. The van der Waals surface area contributed by atoms with Crippen LogP contribution in [-0.4, -0.2) is 39.8 Å². The number of benzene rings is 2. The summed E-state index contributed by atoms with van der Waals surface area (Å²) >= 11 is 3.85. The zero-order chi connectivity index (χ0) is 29.5. The fraction of sp³-hybridized carbons (Fsp3) is 0.154. The standard InChI is InChI=1S/2C13H12BrN3O3.Hg/c2*1-2-20-12(18)8-7-15-13(19)17-11(8)16-10-6-4-3-5-9(10)14;/h2*3-7H,2H2,1H3,(H2,15,16,17,18,19);/q;;+2/p-2. The van der Waals surface area contributed by atoms with Crippen molar-refractivity contribution in [1.29, 1.82) is 0 Å². The fourth-order valence-electron chi connectivity index (χ4n) is 3.64. The van der Waals surface area contributed by atoms with Gasteiger partial charge in [0.2, 0.25) is 0 Å². The predicted molar refractivity (Wildman–Crippen MR) is 155 cm³/mol. The van der Waals surface area contributed by atoms with Gasteiger partial charge >= 0.3 is 265 Å². The van der Waals surface area contributed by atoms with Crippen LogP contribution in [-0.2, 0) is 34.6 Å². The number of hydrogen-bond donors (Lipinski definition) is 2. The summed E-state index contributed by atoms with van der Waals surface area (Å²) in [6.45, 7) is 3.53. The van der Waals surface area contributed by atoms with Crippen molar-refractivity contribution in [2.75, 3.05) is 23.8 Å². The molecule has 0 bridgehead atoms. The summed E-state index contributed by atoms with van der Waals surface area (Å²) in [5.41, 5.74) is -0.148. The van der Waals surface area contributed by atoms with Crippen LogP contribution in [0.3, 0.4) is 0 Å². The van der Waals surface area contributed by atoms with Gasteiger partial charge in [0.05, 0.1) is 0 Å². The van der Waals surface area contributed by atoms with Gasteiger partial charge < -0.3 is 0 Å². The van der Waals surface area contributed by atoms with Gasteiger partial charge in [0.25, 0.3) is 0 Å². The van der Waals surface area contributed by atoms with Gasteiger partial charge in [-0.2, -0.15) is 0 Å². The Bertz CT molecular complexity index is 1600. The van der Waals surface area contributed by atoms with E-state index in [-0.39, 0.29) is 36.0 Å². The molecule has 0 atom stereocenters. The first-order chi connectivity index (χ1) is 19.7. The molecule has 0 unspecified atom stereocenters. The van der Waals surface area contributed by atoms with Gasteiger partial charge in [-0.25, -0.2) is 0 Å². The van der Waals surface area contributed by atoms with Crippen molar-refractivity contribution in [2.24, 2.45) is 0 Å². The number of nitrogens with zero attached hydrogens (tertiary/aromatic N) is 4. The van der Waals surface area contributed by atoms with Crippen LogP contribution in [0.15, 0.2) is 79.5 Å². The third-order valence-corrected chi connectivity index (χ3v) is 12.8. The Kier molecular flexibility index (Phi) is 10.4. The molecule has 15 heteroatoms. The third kappa shape index (κ3) is 7.48. The van der Waals surface area contributed by atoms with Crippen molar-refractivity contribution in [1.82, 2.24) is 14.6 Å². The van der Waals surface area contributed by atoms with E-state index in [0.29, 0.717) is 20.3 Å². The van der Waals surface area contributed by atoms with Crippen LogP contribution in [0.2, 0.25) is 0 Å². The summed E-state index contributed by atoms with van der Waals surface area (Å²) in [5, 5.41) is 5.99. The van der Waals surface area contributed by atoms with Crippen molar-refractivity contribution in [3.8, 4) is 0 Å². The first kappa shape index (κ1) is 30.6. The maximum atomic E-state index is 13.1. The summed E-state index contributed by atoms with van der Waals surface area (Å²) in [4.78, 5) is 60.0. The van der Waals surface area contributed by atoms with E-state index in [4.69, 9.17) is 9.47 Å². The van der Waals surface area contributed by atoms with Crippen molar-refractivity contribution in [3.63, 3.8) is 0 Å². The van der Waals surface area contributed by atoms with Crippen LogP contribution in [0.5, 0.6) is 0 Å². The van der Waals surface area contributed by atoms with E-state index in [1.807, 2.05) is 12.1 Å². The van der Waals surface area contributed by atoms with Crippen molar-refractivity contribution >= 4 is 66.8 Å². The molecule has 41 heavy (non-hydrogen) atoms. The van der Waals surface area contributed by atoms with E-state index in [1.54, 1.807) is 50.2 Å². The number of hydrogen-bond acceptors (Lipinski definition) is 10. The van der Waals surface area contributed by atoms with E-state index < -0.39 is 48.5 Å². The number of esters is 2. The molecular weight excluding hydrogens is 853 g/mol. The Balaban J connectivity index is 1.76. The second-order valence-electron chi connectivity index (χ2n) is 8.30. The number of para-hydroxylation sites is 2. The maximum absolute atomic E-state index is 13.1. The number of carbonyl (C=O) groups excluding carboxylic acids is 2. The average Bonchev–Trinajstić information content (AvgIpc) is 2.94. The van der Waals surface area contributed by atoms with Crippen LogP contribution < -0.4 is 22.0 Å². The fourth-order valence-corrected chi connectivity index (χ4v) is 9.23. The topological polar surface area (TPSA) is 146 Å². The second kappa shape index (κ2) is 14.0. The Morgan fingerprint density at radius 2 is 1.15 bits per heavy atom. The van der Waals surface area contributed by atoms with Gasteiger partial charge in [0.15, 0.2) is 0 Å². The average molecular weight is 875 g/mol. The molecule has 4 aromatic rings. The van der Waals surface area contributed by atoms with Crippen molar-refractivity contribution in [3.05, 3.63) is 102 Å². The van der Waals surface area contributed by atoms with Gasteiger partial charge in [0.1, 0.15) is 0 Å². The summed E-state index contributed by atoms with van der Waals surface area (Å²) in [7, 11) is 0. The Morgan fingerprint density at radius 1 is 0.756 bits per heavy atom. The number of carbonyl (C=O) groups is 2. The molecule has 2 N–H and O–H groups in total. The molecule has 2 heterocycles. The summed E-state index contributed by atoms with van der Waals surface area (Å²) in [6, 6.07) is 14.3. The van der Waals surface area contributed by atoms with Gasteiger partial charge in [-0.1, -0.05) is 0 Å². The van der Waals surface area contributed by atoms with Crippen LogP contribution in [0.4, 0.5) is 23.0 Å². The van der Waals surface area contributed by atoms with E-state index in [2.05, 4.69) is 52.5 Å². The van der Waals surface area contributed by atoms with Crippen LogP contribution >= 0.6 is 31.9 Å². The molecule has 0 aliphatic carbocycles. The Morgan fingerprint density at radius 3 is 1.51 bits per heavy atom. The summed E-state index contributed by atoms with van der Waals surface area (Å²) in [5.74, 6) is -1.36. The van der Waals surface area contributed by atoms with Crippen molar-refractivity contribution < 1.29 is 44.2 Å². The minimum atomic E-state index is -2.99. The molecule has 0 saturated carbocycles. The molecule has 12 nitrogen and oxygen atoms in total. The van der Waals surface area contributed by atoms with E-state index in [0.717, 1.165) is 0 Å². The molecule has 0 spiro atoms. The van der Waals surface area contributed by atoms with Gasteiger partial charge in [-0.05, 0) is 0 Å². The normalized spacial score (nSPS) is 10.4. The summed E-state index contributed by atoms with van der Waals surface area (Å²) in [6.07, 6.45) is 2.66. The van der Waals surface area contributed by atoms with Crippen LogP contribution in [0, 0.1) is 0 Å². The van der Waals surface area contributed by atoms with Crippen LogP contribution in [0.25, 0.3) is 0 Å². The zero-order valence-electron chi connectivity index (χ0n) is 21.9. The molecular formula is C26H22Br2HgN6O6. The van der Waals surface area contributed by atoms with Gasteiger partial charge in [0, 0.05) is 0 Å². The van der Waals surface area contributed by atoms with Gasteiger partial charge in [-0.3, -0.25) is 0 Å².